The van der Waals surface area contributed by atoms with E-state index in [0.29, 0.717) is 18.9 Å². The fourth-order valence-corrected chi connectivity index (χ4v) is 2.13. The van der Waals surface area contributed by atoms with E-state index in [2.05, 4.69) is 4.98 Å². The second kappa shape index (κ2) is 5.17. The summed E-state index contributed by atoms with van der Waals surface area (Å²) in [6, 6.07) is 5.72. The van der Waals surface area contributed by atoms with Crippen LogP contribution in [0.3, 0.4) is 0 Å². The highest BCUT2D eigenvalue weighted by Crippen LogP contribution is 2.29. The molecule has 0 saturated carbocycles. The molecule has 5 heteroatoms. The van der Waals surface area contributed by atoms with Gasteiger partial charge in [0.25, 0.3) is 0 Å². The van der Waals surface area contributed by atoms with E-state index in [0.717, 1.165) is 28.8 Å². The molecule has 1 saturated heterocycles. The minimum atomic E-state index is -0.349. The SMILES string of the molecule is CCOC(=O)c1cc2c(OCC3CO3)cc(C)cc2[nH]1. The number of aryl methyl sites for hydroxylation is 1. The summed E-state index contributed by atoms with van der Waals surface area (Å²) >= 11 is 0. The van der Waals surface area contributed by atoms with E-state index in [1.54, 1.807) is 13.0 Å². The highest BCUT2D eigenvalue weighted by molar-refractivity contribution is 5.97. The molecule has 1 fully saturated rings. The number of ether oxygens (including phenoxy) is 3. The van der Waals surface area contributed by atoms with Crippen LogP contribution in [-0.2, 0) is 9.47 Å². The Bertz CT molecular complexity index is 643. The van der Waals surface area contributed by atoms with E-state index in [1.165, 1.54) is 0 Å². The number of aromatic nitrogens is 1. The number of hydrogen-bond acceptors (Lipinski definition) is 4. The summed E-state index contributed by atoms with van der Waals surface area (Å²) in [5, 5.41) is 0.888. The Kier molecular flexibility index (Phi) is 3.36. The Morgan fingerprint density at radius 1 is 1.45 bits per heavy atom. The maximum Gasteiger partial charge on any atom is 0.354 e. The molecule has 3 rings (SSSR count). The number of rotatable bonds is 5. The topological polar surface area (TPSA) is 63.9 Å². The summed E-state index contributed by atoms with van der Waals surface area (Å²) in [6.07, 6.45) is 0.203. The monoisotopic (exact) mass is 275 g/mol. The van der Waals surface area contributed by atoms with Gasteiger partial charge < -0.3 is 19.2 Å². The van der Waals surface area contributed by atoms with Gasteiger partial charge in [0.15, 0.2) is 0 Å². The van der Waals surface area contributed by atoms with E-state index in [-0.39, 0.29) is 12.1 Å². The second-order valence-corrected chi connectivity index (χ2v) is 4.89. The zero-order chi connectivity index (χ0) is 14.1. The van der Waals surface area contributed by atoms with Gasteiger partial charge in [0, 0.05) is 5.39 Å². The minimum Gasteiger partial charge on any atom is -0.490 e. The molecule has 20 heavy (non-hydrogen) atoms. The average molecular weight is 275 g/mol. The number of fused-ring (bicyclic) bond motifs is 1. The van der Waals surface area contributed by atoms with Crippen molar-refractivity contribution in [3.63, 3.8) is 0 Å². The van der Waals surface area contributed by atoms with E-state index >= 15 is 0 Å². The Labute approximate surface area is 116 Å². The zero-order valence-corrected chi connectivity index (χ0v) is 11.6. The molecule has 2 heterocycles. The molecule has 0 spiro atoms. The fourth-order valence-electron chi connectivity index (χ4n) is 2.13. The van der Waals surface area contributed by atoms with Crippen LogP contribution in [0.2, 0.25) is 0 Å². The van der Waals surface area contributed by atoms with Crippen LogP contribution < -0.4 is 4.74 Å². The Balaban J connectivity index is 1.93. The Hall–Kier alpha value is -2.01. The zero-order valence-electron chi connectivity index (χ0n) is 11.6. The van der Waals surface area contributed by atoms with E-state index in [4.69, 9.17) is 14.2 Å². The predicted molar refractivity (Wildman–Crippen MR) is 74.2 cm³/mol. The lowest BCUT2D eigenvalue weighted by molar-refractivity contribution is 0.0520. The maximum absolute atomic E-state index is 11.8. The summed E-state index contributed by atoms with van der Waals surface area (Å²) in [4.78, 5) is 14.9. The molecule has 0 amide bonds. The molecule has 1 atom stereocenters. The molecule has 0 bridgehead atoms. The van der Waals surface area contributed by atoms with Gasteiger partial charge in [-0.3, -0.25) is 0 Å². The van der Waals surface area contributed by atoms with Gasteiger partial charge in [-0.1, -0.05) is 0 Å². The molecule has 106 valence electrons. The van der Waals surface area contributed by atoms with Gasteiger partial charge in [0.05, 0.1) is 18.7 Å². The van der Waals surface area contributed by atoms with Crippen LogP contribution in [-0.4, -0.2) is 36.9 Å². The molecule has 5 nitrogen and oxygen atoms in total. The van der Waals surface area contributed by atoms with Crippen molar-refractivity contribution < 1.29 is 19.0 Å². The van der Waals surface area contributed by atoms with E-state index in [1.807, 2.05) is 19.1 Å². The van der Waals surface area contributed by atoms with E-state index in [9.17, 15) is 4.79 Å². The van der Waals surface area contributed by atoms with Crippen molar-refractivity contribution in [1.29, 1.82) is 0 Å². The van der Waals surface area contributed by atoms with Crippen molar-refractivity contribution >= 4 is 16.9 Å². The largest absolute Gasteiger partial charge is 0.490 e. The second-order valence-electron chi connectivity index (χ2n) is 4.89. The first kappa shape index (κ1) is 13.0. The molecule has 1 unspecified atom stereocenters. The number of carbonyl (C=O) groups is 1. The van der Waals surface area contributed by atoms with Crippen molar-refractivity contribution in [1.82, 2.24) is 4.98 Å². The van der Waals surface area contributed by atoms with Crippen LogP contribution in [0.5, 0.6) is 5.75 Å². The van der Waals surface area contributed by atoms with E-state index < -0.39 is 0 Å². The molecule has 0 radical (unpaired) electrons. The van der Waals surface area contributed by atoms with Crippen LogP contribution >= 0.6 is 0 Å². The summed E-state index contributed by atoms with van der Waals surface area (Å²) in [5.74, 6) is 0.417. The number of H-pyrrole nitrogens is 1. The third-order valence-corrected chi connectivity index (χ3v) is 3.17. The van der Waals surface area contributed by atoms with Crippen LogP contribution in [0.15, 0.2) is 18.2 Å². The number of benzene rings is 1. The first-order valence-corrected chi connectivity index (χ1v) is 6.72. The number of carbonyl (C=O) groups excluding carboxylic acids is 1. The summed E-state index contributed by atoms with van der Waals surface area (Å²) in [5.41, 5.74) is 2.39. The highest BCUT2D eigenvalue weighted by atomic mass is 16.6. The molecule has 2 aromatic rings. The maximum atomic E-state index is 11.8. The van der Waals surface area contributed by atoms with Gasteiger partial charge in [-0.05, 0) is 37.6 Å². The van der Waals surface area contributed by atoms with Crippen LogP contribution in [0.4, 0.5) is 0 Å². The van der Waals surface area contributed by atoms with Crippen molar-refractivity contribution in [2.45, 2.75) is 20.0 Å². The summed E-state index contributed by atoms with van der Waals surface area (Å²) in [6.45, 7) is 5.43. The fraction of sp³-hybridized carbons (Fsp3) is 0.400. The molecule has 1 aliphatic rings. The standard InChI is InChI=1S/C15H17NO4/c1-3-18-15(17)13-6-11-12(16-13)4-9(2)5-14(11)20-8-10-7-19-10/h4-6,10,16H,3,7-8H2,1-2H3. The Morgan fingerprint density at radius 3 is 2.95 bits per heavy atom. The van der Waals surface area contributed by atoms with Gasteiger partial charge in [-0.2, -0.15) is 0 Å². The van der Waals surface area contributed by atoms with Gasteiger partial charge in [-0.15, -0.1) is 0 Å². The summed E-state index contributed by atoms with van der Waals surface area (Å²) in [7, 11) is 0. The summed E-state index contributed by atoms with van der Waals surface area (Å²) < 4.78 is 15.9. The quantitative estimate of drug-likeness (QED) is 0.672. The molecule has 1 aliphatic heterocycles. The molecule has 1 aromatic heterocycles. The lowest BCUT2D eigenvalue weighted by atomic mass is 10.1. The van der Waals surface area contributed by atoms with Gasteiger partial charge in [-0.25, -0.2) is 4.79 Å². The van der Waals surface area contributed by atoms with Crippen molar-refractivity contribution in [3.8, 4) is 5.75 Å². The average Bonchev–Trinajstić information content (AvgIpc) is 3.14. The lowest BCUT2D eigenvalue weighted by Crippen LogP contribution is -2.04. The number of nitrogens with one attached hydrogen (secondary N) is 1. The van der Waals surface area contributed by atoms with Gasteiger partial charge in [0.1, 0.15) is 24.2 Å². The minimum absolute atomic E-state index is 0.203. The van der Waals surface area contributed by atoms with Gasteiger partial charge in [0.2, 0.25) is 0 Å². The van der Waals surface area contributed by atoms with Crippen molar-refractivity contribution in [3.05, 3.63) is 29.5 Å². The first-order valence-electron chi connectivity index (χ1n) is 6.72. The number of hydrogen-bond donors (Lipinski definition) is 1. The number of aromatic amines is 1. The third kappa shape index (κ3) is 2.63. The normalized spacial score (nSPS) is 17.2. The number of epoxide rings is 1. The molecular formula is C15H17NO4. The van der Waals surface area contributed by atoms with Crippen molar-refractivity contribution in [2.75, 3.05) is 19.8 Å². The lowest BCUT2D eigenvalue weighted by Gasteiger charge is -2.06. The molecule has 0 aliphatic carbocycles. The molecular weight excluding hydrogens is 258 g/mol. The Morgan fingerprint density at radius 2 is 2.25 bits per heavy atom. The molecule has 1 N–H and O–H groups in total. The van der Waals surface area contributed by atoms with Gasteiger partial charge >= 0.3 is 5.97 Å². The van der Waals surface area contributed by atoms with Crippen molar-refractivity contribution in [2.24, 2.45) is 0 Å². The van der Waals surface area contributed by atoms with Crippen LogP contribution in [0, 0.1) is 6.92 Å². The number of esters is 1. The predicted octanol–water partition coefficient (Wildman–Crippen LogP) is 2.43. The third-order valence-electron chi connectivity index (χ3n) is 3.17. The highest BCUT2D eigenvalue weighted by Gasteiger charge is 2.23. The smallest absolute Gasteiger partial charge is 0.354 e. The first-order chi connectivity index (χ1) is 9.67. The van der Waals surface area contributed by atoms with Crippen LogP contribution in [0.25, 0.3) is 10.9 Å². The van der Waals surface area contributed by atoms with Crippen LogP contribution in [0.1, 0.15) is 23.0 Å². The molecule has 1 aromatic carbocycles.